The highest BCUT2D eigenvalue weighted by Crippen LogP contribution is 2.14. The van der Waals surface area contributed by atoms with Crippen LogP contribution in [0.2, 0.25) is 0 Å². The van der Waals surface area contributed by atoms with Gasteiger partial charge in [-0.15, -0.1) is 0 Å². The molecule has 0 fully saturated rings. The fourth-order valence-corrected chi connectivity index (χ4v) is 1.81. The Morgan fingerprint density at radius 3 is 2.08 bits per heavy atom. The molecule has 1 aromatic carbocycles. The second-order valence-corrected chi connectivity index (χ2v) is 6.81. The van der Waals surface area contributed by atoms with Gasteiger partial charge in [0, 0.05) is 17.5 Å². The van der Waals surface area contributed by atoms with Crippen molar-refractivity contribution in [2.75, 3.05) is 17.2 Å². The van der Waals surface area contributed by atoms with Crippen molar-refractivity contribution in [3.63, 3.8) is 0 Å². The number of carbonyl (C=O) groups excluding carboxylic acids is 3. The number of hydrogen-bond acceptors (Lipinski definition) is 4. The zero-order chi connectivity index (χ0) is 19.7. The van der Waals surface area contributed by atoms with E-state index in [-0.39, 0.29) is 18.4 Å². The maximum absolute atomic E-state index is 11.8. The number of hydrogen-bond donors (Lipinski definition) is 3. The predicted molar refractivity (Wildman–Crippen MR) is 102 cm³/mol. The van der Waals surface area contributed by atoms with Crippen molar-refractivity contribution < 1.29 is 19.1 Å². The van der Waals surface area contributed by atoms with Crippen molar-refractivity contribution in [2.45, 2.75) is 46.6 Å². The Morgan fingerprint density at radius 2 is 1.58 bits per heavy atom. The maximum atomic E-state index is 11.8. The Labute approximate surface area is 154 Å². The van der Waals surface area contributed by atoms with Gasteiger partial charge in [0.1, 0.15) is 12.1 Å². The van der Waals surface area contributed by atoms with Crippen molar-refractivity contribution >= 4 is 29.3 Å². The number of ether oxygens (including phenoxy) is 1. The summed E-state index contributed by atoms with van der Waals surface area (Å²) in [6.07, 6.45) is 1.72. The zero-order valence-corrected chi connectivity index (χ0v) is 15.9. The van der Waals surface area contributed by atoms with Crippen LogP contribution in [0.25, 0.3) is 0 Å². The molecule has 3 N–H and O–H groups in total. The summed E-state index contributed by atoms with van der Waals surface area (Å²) in [6, 6.07) is 6.70. The molecule has 0 saturated heterocycles. The molecule has 0 radical (unpaired) electrons. The summed E-state index contributed by atoms with van der Waals surface area (Å²) in [6.45, 7) is 8.90. The topological polar surface area (TPSA) is 96.5 Å². The summed E-state index contributed by atoms with van der Waals surface area (Å²) in [5, 5.41) is 7.78. The summed E-state index contributed by atoms with van der Waals surface area (Å²) in [4.78, 5) is 35.1. The first-order valence-electron chi connectivity index (χ1n) is 8.44. The van der Waals surface area contributed by atoms with Crippen LogP contribution in [0, 0.1) is 0 Å². The van der Waals surface area contributed by atoms with E-state index in [0.29, 0.717) is 11.4 Å². The average Bonchev–Trinajstić information content (AvgIpc) is 2.53. The third kappa shape index (κ3) is 8.86. The number of carbonyl (C=O) groups is 3. The lowest BCUT2D eigenvalue weighted by Crippen LogP contribution is -2.37. The fourth-order valence-electron chi connectivity index (χ4n) is 1.81. The molecule has 1 rings (SSSR count). The molecule has 0 aliphatic heterocycles. The first-order valence-corrected chi connectivity index (χ1v) is 8.44. The summed E-state index contributed by atoms with van der Waals surface area (Å²) in [5.74, 6) is -0.572. The number of allylic oxidation sites excluding steroid dienone is 1. The minimum atomic E-state index is -0.652. The van der Waals surface area contributed by atoms with E-state index in [0.717, 1.165) is 12.0 Å². The lowest BCUT2D eigenvalue weighted by Gasteiger charge is -2.19. The lowest BCUT2D eigenvalue weighted by molar-refractivity contribution is -0.115. The first-order chi connectivity index (χ1) is 12.1. The van der Waals surface area contributed by atoms with Crippen LogP contribution in [0.15, 0.2) is 35.9 Å². The summed E-state index contributed by atoms with van der Waals surface area (Å²) in [7, 11) is 0. The highest BCUT2D eigenvalue weighted by Gasteiger charge is 2.16. The van der Waals surface area contributed by atoms with Crippen LogP contribution >= 0.6 is 0 Å². The largest absolute Gasteiger partial charge is 0.444 e. The van der Waals surface area contributed by atoms with E-state index in [4.69, 9.17) is 4.74 Å². The van der Waals surface area contributed by atoms with Crippen LogP contribution in [0.3, 0.4) is 0 Å². The van der Waals surface area contributed by atoms with E-state index in [1.165, 1.54) is 0 Å². The molecule has 0 bridgehead atoms. The lowest BCUT2D eigenvalue weighted by atomic mass is 10.2. The molecule has 7 heteroatoms. The second kappa shape index (κ2) is 9.60. The Balaban J connectivity index is 2.48. The van der Waals surface area contributed by atoms with Gasteiger partial charge < -0.3 is 20.7 Å². The van der Waals surface area contributed by atoms with Gasteiger partial charge in [0.2, 0.25) is 11.8 Å². The fraction of sp³-hybridized carbons (Fsp3) is 0.421. The Morgan fingerprint density at radius 1 is 1.04 bits per heavy atom. The van der Waals surface area contributed by atoms with E-state index >= 15 is 0 Å². The number of anilines is 2. The third-order valence-corrected chi connectivity index (χ3v) is 3.16. The van der Waals surface area contributed by atoms with Crippen LogP contribution < -0.4 is 16.0 Å². The molecule has 26 heavy (non-hydrogen) atoms. The van der Waals surface area contributed by atoms with E-state index in [9.17, 15) is 14.4 Å². The number of benzene rings is 1. The highest BCUT2D eigenvalue weighted by atomic mass is 16.6. The van der Waals surface area contributed by atoms with Gasteiger partial charge in [-0.3, -0.25) is 9.59 Å². The van der Waals surface area contributed by atoms with E-state index in [1.54, 1.807) is 51.1 Å². The molecule has 0 unspecified atom stereocenters. The SMILES string of the molecule is CC/C(C)=C/C(=O)Nc1ccc(NC(=O)CNC(=O)OC(C)(C)C)cc1. The smallest absolute Gasteiger partial charge is 0.408 e. The van der Waals surface area contributed by atoms with Crippen LogP contribution in [0.4, 0.5) is 16.2 Å². The normalized spacial score (nSPS) is 11.5. The summed E-state index contributed by atoms with van der Waals surface area (Å²) < 4.78 is 5.05. The molecule has 0 heterocycles. The van der Waals surface area contributed by atoms with Crippen molar-refractivity contribution in [3.05, 3.63) is 35.9 Å². The van der Waals surface area contributed by atoms with Gasteiger partial charge in [0.25, 0.3) is 0 Å². The van der Waals surface area contributed by atoms with Gasteiger partial charge in [-0.2, -0.15) is 0 Å². The molecule has 0 aliphatic rings. The van der Waals surface area contributed by atoms with Crippen molar-refractivity contribution in [1.82, 2.24) is 5.32 Å². The Kier molecular flexibility index (Phi) is 7.83. The van der Waals surface area contributed by atoms with E-state index in [2.05, 4.69) is 16.0 Å². The average molecular weight is 361 g/mol. The molecule has 0 atom stereocenters. The van der Waals surface area contributed by atoms with Gasteiger partial charge in [0.05, 0.1) is 0 Å². The Bertz CT molecular complexity index is 673. The minimum Gasteiger partial charge on any atom is -0.444 e. The minimum absolute atomic E-state index is 0.192. The molecule has 0 aromatic heterocycles. The van der Waals surface area contributed by atoms with Gasteiger partial charge in [-0.1, -0.05) is 12.5 Å². The Hall–Kier alpha value is -2.83. The number of nitrogens with one attached hydrogen (secondary N) is 3. The number of alkyl carbamates (subject to hydrolysis) is 1. The van der Waals surface area contributed by atoms with Crippen LogP contribution in [-0.4, -0.2) is 30.1 Å². The van der Waals surface area contributed by atoms with Crippen molar-refractivity contribution in [2.24, 2.45) is 0 Å². The van der Waals surface area contributed by atoms with Crippen LogP contribution in [0.1, 0.15) is 41.0 Å². The van der Waals surface area contributed by atoms with Crippen molar-refractivity contribution in [1.29, 1.82) is 0 Å². The molecule has 1 aromatic rings. The number of amides is 3. The molecular weight excluding hydrogens is 334 g/mol. The standard InChI is InChI=1S/C19H27N3O4/c1-6-13(2)11-16(23)21-14-7-9-15(10-8-14)22-17(24)12-20-18(25)26-19(3,4)5/h7-11H,6,12H2,1-5H3,(H,20,25)(H,21,23)(H,22,24)/b13-11+. The molecular formula is C19H27N3O4. The van der Waals surface area contributed by atoms with E-state index in [1.807, 2.05) is 13.8 Å². The zero-order valence-electron chi connectivity index (χ0n) is 15.9. The van der Waals surface area contributed by atoms with Crippen LogP contribution in [0.5, 0.6) is 0 Å². The molecule has 0 spiro atoms. The third-order valence-electron chi connectivity index (χ3n) is 3.16. The molecule has 7 nitrogen and oxygen atoms in total. The first kappa shape index (κ1) is 21.2. The van der Waals surface area contributed by atoms with Gasteiger partial charge in [-0.25, -0.2) is 4.79 Å². The quantitative estimate of drug-likeness (QED) is 0.676. The summed E-state index contributed by atoms with van der Waals surface area (Å²) in [5.41, 5.74) is 1.55. The number of rotatable bonds is 6. The molecule has 0 saturated carbocycles. The monoisotopic (exact) mass is 361 g/mol. The second-order valence-electron chi connectivity index (χ2n) is 6.81. The summed E-state index contributed by atoms with van der Waals surface area (Å²) >= 11 is 0. The maximum Gasteiger partial charge on any atom is 0.408 e. The molecule has 0 aliphatic carbocycles. The molecule has 142 valence electrons. The van der Waals surface area contributed by atoms with E-state index < -0.39 is 11.7 Å². The van der Waals surface area contributed by atoms with Crippen LogP contribution in [-0.2, 0) is 14.3 Å². The highest BCUT2D eigenvalue weighted by molar-refractivity contribution is 6.00. The van der Waals surface area contributed by atoms with Gasteiger partial charge >= 0.3 is 6.09 Å². The van der Waals surface area contributed by atoms with Gasteiger partial charge in [-0.05, 0) is 58.4 Å². The van der Waals surface area contributed by atoms with Gasteiger partial charge in [0.15, 0.2) is 0 Å². The molecule has 3 amide bonds. The van der Waals surface area contributed by atoms with Crippen molar-refractivity contribution in [3.8, 4) is 0 Å². The predicted octanol–water partition coefficient (Wildman–Crippen LogP) is 3.44.